The van der Waals surface area contributed by atoms with Crippen LogP contribution in [0.1, 0.15) is 32.0 Å². The minimum absolute atomic E-state index is 0.484. The van der Waals surface area contributed by atoms with E-state index in [1.807, 2.05) is 25.2 Å². The molecule has 0 amide bonds. The van der Waals surface area contributed by atoms with Gasteiger partial charge in [-0.3, -0.25) is 4.90 Å². The normalized spacial score (nSPS) is 30.3. The molecule has 2 heterocycles. The molecule has 4 heteroatoms. The predicted octanol–water partition coefficient (Wildman–Crippen LogP) is 2.10. The smallest absolute Gasteiger partial charge is 0.112 e. The molecule has 1 N–H and O–H groups in total. The Morgan fingerprint density at radius 1 is 1.33 bits per heavy atom. The van der Waals surface area contributed by atoms with Gasteiger partial charge < -0.3 is 9.67 Å². The van der Waals surface area contributed by atoms with E-state index in [-0.39, 0.29) is 0 Å². The van der Waals surface area contributed by atoms with Gasteiger partial charge in [0.2, 0.25) is 0 Å². The molecule has 1 aromatic carbocycles. The van der Waals surface area contributed by atoms with Crippen LogP contribution in [0.5, 0.6) is 0 Å². The summed E-state index contributed by atoms with van der Waals surface area (Å²) < 4.78 is 2.12. The average Bonchev–Trinajstić information content (AvgIpc) is 3.18. The Hall–Kier alpha value is -1.39. The zero-order chi connectivity index (χ0) is 14.6. The maximum atomic E-state index is 11.0. The van der Waals surface area contributed by atoms with Crippen LogP contribution in [0.2, 0.25) is 0 Å². The minimum Gasteiger partial charge on any atom is -0.388 e. The molecule has 4 rings (SSSR count). The zero-order valence-electron chi connectivity index (χ0n) is 12.8. The number of β-amino-alcohol motifs (C(OH)–C–C–N with tert-alkyl or cyclic N) is 1. The zero-order valence-corrected chi connectivity index (χ0v) is 12.8. The summed E-state index contributed by atoms with van der Waals surface area (Å²) in [5.41, 5.74) is 1.53. The van der Waals surface area contributed by atoms with Crippen LogP contribution >= 0.6 is 0 Å². The fourth-order valence-corrected chi connectivity index (χ4v) is 3.90. The third-order valence-electron chi connectivity index (χ3n) is 5.10. The second-order valence-corrected chi connectivity index (χ2v) is 6.93. The van der Waals surface area contributed by atoms with Crippen molar-refractivity contribution in [1.82, 2.24) is 14.5 Å². The molecule has 2 fully saturated rings. The number of aromatic nitrogens is 2. The van der Waals surface area contributed by atoms with Crippen LogP contribution in [-0.2, 0) is 13.5 Å². The molecule has 4 nitrogen and oxygen atoms in total. The second-order valence-electron chi connectivity index (χ2n) is 6.93. The van der Waals surface area contributed by atoms with Gasteiger partial charge in [0.1, 0.15) is 5.82 Å². The maximum absolute atomic E-state index is 11.0. The van der Waals surface area contributed by atoms with Crippen LogP contribution in [0.25, 0.3) is 11.0 Å². The van der Waals surface area contributed by atoms with Crippen molar-refractivity contribution in [2.75, 3.05) is 6.54 Å². The third kappa shape index (κ3) is 2.27. The number of nitrogens with zero attached hydrogens (tertiary/aromatic N) is 3. The van der Waals surface area contributed by atoms with E-state index in [4.69, 9.17) is 4.98 Å². The molecule has 1 saturated carbocycles. The molecular weight excluding hydrogens is 262 g/mol. The maximum Gasteiger partial charge on any atom is 0.112 e. The Morgan fingerprint density at radius 3 is 2.81 bits per heavy atom. The summed E-state index contributed by atoms with van der Waals surface area (Å²) in [5, 5.41) is 11.0. The van der Waals surface area contributed by atoms with E-state index < -0.39 is 5.60 Å². The monoisotopic (exact) mass is 285 g/mol. The summed E-state index contributed by atoms with van der Waals surface area (Å²) in [5.74, 6) is 0.989. The van der Waals surface area contributed by atoms with Gasteiger partial charge in [-0.1, -0.05) is 12.1 Å². The molecule has 2 aliphatic rings. The lowest BCUT2D eigenvalue weighted by molar-refractivity contribution is 0.0462. The van der Waals surface area contributed by atoms with Gasteiger partial charge in [0, 0.05) is 32.1 Å². The van der Waals surface area contributed by atoms with Gasteiger partial charge in [-0.15, -0.1) is 0 Å². The quantitative estimate of drug-likeness (QED) is 0.939. The molecule has 2 unspecified atom stereocenters. The lowest BCUT2D eigenvalue weighted by Crippen LogP contribution is -2.37. The number of aryl methyl sites for hydroxylation is 1. The molecule has 2 aromatic rings. The van der Waals surface area contributed by atoms with Crippen LogP contribution in [0.15, 0.2) is 24.3 Å². The van der Waals surface area contributed by atoms with E-state index in [1.54, 1.807) is 0 Å². The number of hydrogen-bond acceptors (Lipinski definition) is 3. The van der Waals surface area contributed by atoms with Crippen LogP contribution < -0.4 is 0 Å². The Bertz CT molecular complexity index is 676. The third-order valence-corrected chi connectivity index (χ3v) is 5.10. The van der Waals surface area contributed by atoms with Gasteiger partial charge in [0.15, 0.2) is 0 Å². The number of fused-ring (bicyclic) bond motifs is 1. The first-order chi connectivity index (χ1) is 10.1. The molecule has 1 aromatic heterocycles. The molecule has 1 aliphatic heterocycles. The Kier molecular flexibility index (Phi) is 2.88. The Labute approximate surface area is 125 Å². The highest BCUT2D eigenvalue weighted by molar-refractivity contribution is 5.75. The summed E-state index contributed by atoms with van der Waals surface area (Å²) in [4.78, 5) is 7.20. The number of imidazole rings is 1. The summed E-state index contributed by atoms with van der Waals surface area (Å²) in [6, 6.07) is 9.38. The fourth-order valence-electron chi connectivity index (χ4n) is 3.90. The molecule has 1 aliphatic carbocycles. The number of benzene rings is 1. The summed E-state index contributed by atoms with van der Waals surface area (Å²) in [6.07, 6.45) is 4.10. The standard InChI is InChI=1S/C17H23N3O/c1-12-9-17(21,11-20(12)13-7-8-13)10-16-18-14-5-3-4-6-15(14)19(16)2/h3-6,12-13,21H,7-11H2,1-2H3. The van der Waals surface area contributed by atoms with Gasteiger partial charge in [0.05, 0.1) is 16.6 Å². The molecule has 0 bridgehead atoms. The molecule has 1 saturated heterocycles. The van der Waals surface area contributed by atoms with Crippen LogP contribution in [0.3, 0.4) is 0 Å². The van der Waals surface area contributed by atoms with E-state index in [0.717, 1.165) is 35.9 Å². The van der Waals surface area contributed by atoms with Crippen LogP contribution in [-0.4, -0.2) is 43.8 Å². The first kappa shape index (κ1) is 13.3. The first-order valence-corrected chi connectivity index (χ1v) is 7.94. The van der Waals surface area contributed by atoms with E-state index in [0.29, 0.717) is 12.5 Å². The number of likely N-dealkylation sites (tertiary alicyclic amines) is 1. The molecule has 112 valence electrons. The lowest BCUT2D eigenvalue weighted by Gasteiger charge is -2.23. The van der Waals surface area contributed by atoms with E-state index >= 15 is 0 Å². The van der Waals surface area contributed by atoms with Gasteiger partial charge in [0.25, 0.3) is 0 Å². The minimum atomic E-state index is -0.628. The van der Waals surface area contributed by atoms with Crippen molar-refractivity contribution < 1.29 is 5.11 Å². The molecule has 21 heavy (non-hydrogen) atoms. The topological polar surface area (TPSA) is 41.3 Å². The second kappa shape index (κ2) is 4.55. The van der Waals surface area contributed by atoms with E-state index in [1.165, 1.54) is 12.8 Å². The number of rotatable bonds is 3. The van der Waals surface area contributed by atoms with Gasteiger partial charge in [-0.25, -0.2) is 4.98 Å². The summed E-state index contributed by atoms with van der Waals surface area (Å²) in [7, 11) is 2.05. The van der Waals surface area contributed by atoms with Crippen molar-refractivity contribution in [3.05, 3.63) is 30.1 Å². The van der Waals surface area contributed by atoms with Crippen molar-refractivity contribution in [2.45, 2.75) is 50.3 Å². The van der Waals surface area contributed by atoms with Crippen molar-refractivity contribution in [3.8, 4) is 0 Å². The summed E-state index contributed by atoms with van der Waals surface area (Å²) >= 11 is 0. The Morgan fingerprint density at radius 2 is 2.10 bits per heavy atom. The predicted molar refractivity (Wildman–Crippen MR) is 83.2 cm³/mol. The Balaban J connectivity index is 1.60. The first-order valence-electron chi connectivity index (χ1n) is 7.94. The van der Waals surface area contributed by atoms with Crippen molar-refractivity contribution in [3.63, 3.8) is 0 Å². The molecular formula is C17H23N3O. The van der Waals surface area contributed by atoms with Crippen molar-refractivity contribution in [2.24, 2.45) is 7.05 Å². The SMILES string of the molecule is CC1CC(O)(Cc2nc3ccccc3n2C)CN1C1CC1. The van der Waals surface area contributed by atoms with E-state index in [9.17, 15) is 5.11 Å². The van der Waals surface area contributed by atoms with Gasteiger partial charge in [-0.2, -0.15) is 0 Å². The van der Waals surface area contributed by atoms with Crippen LogP contribution in [0, 0.1) is 0 Å². The van der Waals surface area contributed by atoms with Crippen LogP contribution in [0.4, 0.5) is 0 Å². The fraction of sp³-hybridized carbons (Fsp3) is 0.588. The number of para-hydroxylation sites is 2. The molecule has 2 atom stereocenters. The number of aliphatic hydroxyl groups is 1. The van der Waals surface area contributed by atoms with Gasteiger partial charge >= 0.3 is 0 Å². The average molecular weight is 285 g/mol. The van der Waals surface area contributed by atoms with Gasteiger partial charge in [-0.05, 0) is 38.3 Å². The highest BCUT2D eigenvalue weighted by Gasteiger charge is 2.46. The number of hydrogen-bond donors (Lipinski definition) is 1. The molecule has 0 spiro atoms. The molecule has 0 radical (unpaired) electrons. The van der Waals surface area contributed by atoms with Crippen molar-refractivity contribution >= 4 is 11.0 Å². The largest absolute Gasteiger partial charge is 0.388 e. The lowest BCUT2D eigenvalue weighted by atomic mass is 9.96. The van der Waals surface area contributed by atoms with Crippen molar-refractivity contribution in [1.29, 1.82) is 0 Å². The van der Waals surface area contributed by atoms with E-state index in [2.05, 4.69) is 22.5 Å². The highest BCUT2D eigenvalue weighted by atomic mass is 16.3. The highest BCUT2D eigenvalue weighted by Crippen LogP contribution is 2.38. The summed E-state index contributed by atoms with van der Waals surface area (Å²) in [6.45, 7) is 3.03.